The average molecular weight is 217 g/mol. The first kappa shape index (κ1) is 10.7. The van der Waals surface area contributed by atoms with E-state index in [2.05, 4.69) is 18.4 Å². The normalized spacial score (nSPS) is 11.2. The van der Waals surface area contributed by atoms with E-state index in [9.17, 15) is 4.79 Å². The molecule has 84 valence electrons. The number of carboxylic acid groups (broad SMARTS) is 1. The molecule has 0 aliphatic heterocycles. The summed E-state index contributed by atoms with van der Waals surface area (Å²) in [6.45, 7) is 4.13. The van der Waals surface area contributed by atoms with Crippen molar-refractivity contribution in [2.75, 3.05) is 0 Å². The summed E-state index contributed by atoms with van der Waals surface area (Å²) in [5.74, 6) is -0.787. The Labute approximate surface area is 94.3 Å². The fourth-order valence-electron chi connectivity index (χ4n) is 2.13. The van der Waals surface area contributed by atoms with Gasteiger partial charge in [0.2, 0.25) is 0 Å². The number of nitrogens with zero attached hydrogens (tertiary/aromatic N) is 1. The molecule has 1 aromatic carbocycles. The monoisotopic (exact) mass is 217 g/mol. The fourth-order valence-corrected chi connectivity index (χ4v) is 2.13. The maximum atomic E-state index is 10.8. The second-order valence-corrected chi connectivity index (χ2v) is 4.23. The van der Waals surface area contributed by atoms with Crippen LogP contribution in [0.3, 0.4) is 0 Å². The van der Waals surface area contributed by atoms with Crippen molar-refractivity contribution < 1.29 is 9.90 Å². The van der Waals surface area contributed by atoms with Gasteiger partial charge in [0.1, 0.15) is 0 Å². The van der Waals surface area contributed by atoms with E-state index in [1.807, 2.05) is 30.3 Å². The number of hydrogen-bond donors (Lipinski definition) is 1. The molecule has 0 saturated carbocycles. The Morgan fingerprint density at radius 3 is 2.69 bits per heavy atom. The Morgan fingerprint density at radius 2 is 2.06 bits per heavy atom. The Hall–Kier alpha value is -1.77. The number of carbonyl (C=O) groups is 1. The number of para-hydroxylation sites is 1. The number of hydrogen-bond acceptors (Lipinski definition) is 1. The maximum Gasteiger partial charge on any atom is 0.309 e. The van der Waals surface area contributed by atoms with Crippen LogP contribution < -0.4 is 0 Å². The number of benzene rings is 1. The van der Waals surface area contributed by atoms with Crippen LogP contribution in [-0.2, 0) is 11.2 Å². The number of carboxylic acids is 1. The standard InChI is InChI=1S/C13H15NO2/c1-9(2)14-11(8-13(15)16)7-10-5-3-4-6-12(10)14/h3-7,9H,8H2,1-2H3,(H,15,16). The van der Waals surface area contributed by atoms with Gasteiger partial charge in [-0.2, -0.15) is 0 Å². The van der Waals surface area contributed by atoms with E-state index < -0.39 is 5.97 Å². The summed E-state index contributed by atoms with van der Waals surface area (Å²) in [5, 5.41) is 9.99. The van der Waals surface area contributed by atoms with Crippen LogP contribution in [-0.4, -0.2) is 15.6 Å². The van der Waals surface area contributed by atoms with E-state index in [1.165, 1.54) is 0 Å². The van der Waals surface area contributed by atoms with Crippen LogP contribution in [0, 0.1) is 0 Å². The molecule has 1 heterocycles. The second-order valence-electron chi connectivity index (χ2n) is 4.23. The predicted octanol–water partition coefficient (Wildman–Crippen LogP) is 2.85. The highest BCUT2D eigenvalue weighted by molar-refractivity contribution is 5.83. The van der Waals surface area contributed by atoms with Crippen LogP contribution >= 0.6 is 0 Å². The summed E-state index contributed by atoms with van der Waals surface area (Å²) < 4.78 is 2.09. The molecule has 0 saturated heterocycles. The molecule has 2 aromatic rings. The first-order valence-corrected chi connectivity index (χ1v) is 5.40. The van der Waals surface area contributed by atoms with E-state index in [-0.39, 0.29) is 12.5 Å². The third-order valence-electron chi connectivity index (χ3n) is 2.68. The molecule has 0 aliphatic rings. The largest absolute Gasteiger partial charge is 0.481 e. The van der Waals surface area contributed by atoms with Gasteiger partial charge in [-0.25, -0.2) is 0 Å². The minimum Gasteiger partial charge on any atom is -0.481 e. The molecule has 0 fully saturated rings. The second kappa shape index (κ2) is 4.00. The number of fused-ring (bicyclic) bond motifs is 1. The molecule has 0 amide bonds. The van der Waals surface area contributed by atoms with Crippen molar-refractivity contribution >= 4 is 16.9 Å². The van der Waals surface area contributed by atoms with E-state index in [1.54, 1.807) is 0 Å². The Morgan fingerprint density at radius 1 is 1.38 bits per heavy atom. The van der Waals surface area contributed by atoms with Gasteiger partial charge in [0, 0.05) is 17.3 Å². The van der Waals surface area contributed by atoms with Crippen LogP contribution in [0.5, 0.6) is 0 Å². The van der Waals surface area contributed by atoms with E-state index in [4.69, 9.17) is 5.11 Å². The van der Waals surface area contributed by atoms with Gasteiger partial charge in [-0.15, -0.1) is 0 Å². The Bertz CT molecular complexity index is 526. The van der Waals surface area contributed by atoms with Crippen LogP contribution in [0.4, 0.5) is 0 Å². The summed E-state index contributed by atoms with van der Waals surface area (Å²) in [4.78, 5) is 10.8. The Kier molecular flexibility index (Phi) is 2.69. The summed E-state index contributed by atoms with van der Waals surface area (Å²) in [6.07, 6.45) is 0.0762. The molecule has 0 atom stereocenters. The zero-order chi connectivity index (χ0) is 11.7. The summed E-state index contributed by atoms with van der Waals surface area (Å²) >= 11 is 0. The van der Waals surface area contributed by atoms with Crippen LogP contribution in [0.1, 0.15) is 25.6 Å². The molecular weight excluding hydrogens is 202 g/mol. The molecule has 2 rings (SSSR count). The van der Waals surface area contributed by atoms with Crippen LogP contribution in [0.2, 0.25) is 0 Å². The van der Waals surface area contributed by atoms with Crippen molar-refractivity contribution in [1.82, 2.24) is 4.57 Å². The zero-order valence-electron chi connectivity index (χ0n) is 9.47. The molecule has 16 heavy (non-hydrogen) atoms. The third-order valence-corrected chi connectivity index (χ3v) is 2.68. The molecule has 0 unspecified atom stereocenters. The van der Waals surface area contributed by atoms with E-state index in [0.717, 1.165) is 16.6 Å². The molecule has 3 heteroatoms. The van der Waals surface area contributed by atoms with Crippen LogP contribution in [0.15, 0.2) is 30.3 Å². The molecule has 0 radical (unpaired) electrons. The van der Waals surface area contributed by atoms with Gasteiger partial charge in [0.05, 0.1) is 6.42 Å². The maximum absolute atomic E-state index is 10.8. The number of rotatable bonds is 3. The molecule has 0 aliphatic carbocycles. The highest BCUT2D eigenvalue weighted by atomic mass is 16.4. The summed E-state index contributed by atoms with van der Waals surface area (Å²) in [7, 11) is 0. The smallest absolute Gasteiger partial charge is 0.309 e. The SMILES string of the molecule is CC(C)n1c(CC(=O)O)cc2ccccc21. The zero-order valence-corrected chi connectivity index (χ0v) is 9.47. The molecule has 0 bridgehead atoms. The lowest BCUT2D eigenvalue weighted by Crippen LogP contribution is -2.09. The van der Waals surface area contributed by atoms with E-state index >= 15 is 0 Å². The van der Waals surface area contributed by atoms with Crippen molar-refractivity contribution in [3.05, 3.63) is 36.0 Å². The van der Waals surface area contributed by atoms with E-state index in [0.29, 0.717) is 0 Å². The molecule has 0 spiro atoms. The highest BCUT2D eigenvalue weighted by Gasteiger charge is 2.13. The molecule has 1 N–H and O–H groups in total. The topological polar surface area (TPSA) is 42.2 Å². The fraction of sp³-hybridized carbons (Fsp3) is 0.308. The Balaban J connectivity index is 2.63. The van der Waals surface area contributed by atoms with Gasteiger partial charge in [-0.3, -0.25) is 4.79 Å². The summed E-state index contributed by atoms with van der Waals surface area (Å²) in [5.41, 5.74) is 1.97. The van der Waals surface area contributed by atoms with Crippen molar-refractivity contribution in [1.29, 1.82) is 0 Å². The van der Waals surface area contributed by atoms with Crippen molar-refractivity contribution in [2.45, 2.75) is 26.3 Å². The lowest BCUT2D eigenvalue weighted by atomic mass is 10.2. The van der Waals surface area contributed by atoms with Crippen molar-refractivity contribution in [3.8, 4) is 0 Å². The van der Waals surface area contributed by atoms with Crippen molar-refractivity contribution in [2.24, 2.45) is 0 Å². The average Bonchev–Trinajstić information content (AvgIpc) is 2.53. The van der Waals surface area contributed by atoms with Crippen LogP contribution in [0.25, 0.3) is 10.9 Å². The van der Waals surface area contributed by atoms with Gasteiger partial charge in [0.25, 0.3) is 0 Å². The van der Waals surface area contributed by atoms with Gasteiger partial charge >= 0.3 is 5.97 Å². The van der Waals surface area contributed by atoms with Gasteiger partial charge in [-0.05, 0) is 31.4 Å². The highest BCUT2D eigenvalue weighted by Crippen LogP contribution is 2.24. The quantitative estimate of drug-likeness (QED) is 0.859. The lowest BCUT2D eigenvalue weighted by molar-refractivity contribution is -0.136. The molecule has 1 aromatic heterocycles. The number of aromatic nitrogens is 1. The van der Waals surface area contributed by atoms with Gasteiger partial charge in [0.15, 0.2) is 0 Å². The van der Waals surface area contributed by atoms with Crippen molar-refractivity contribution in [3.63, 3.8) is 0 Å². The molecule has 3 nitrogen and oxygen atoms in total. The number of aliphatic carboxylic acids is 1. The third kappa shape index (κ3) is 1.81. The summed E-state index contributed by atoms with van der Waals surface area (Å²) in [6, 6.07) is 10.2. The predicted molar refractivity (Wildman–Crippen MR) is 63.7 cm³/mol. The minimum atomic E-state index is -0.787. The van der Waals surface area contributed by atoms with Gasteiger partial charge < -0.3 is 9.67 Å². The van der Waals surface area contributed by atoms with Gasteiger partial charge in [-0.1, -0.05) is 18.2 Å². The first-order valence-electron chi connectivity index (χ1n) is 5.40. The lowest BCUT2D eigenvalue weighted by Gasteiger charge is -2.13. The molecular formula is C13H15NO2. The first-order chi connectivity index (χ1) is 7.59. The minimum absolute atomic E-state index is 0.0762.